The van der Waals surface area contributed by atoms with E-state index in [0.29, 0.717) is 5.16 Å². The Morgan fingerprint density at radius 3 is 2.71 bits per heavy atom. The number of anilines is 1. The van der Waals surface area contributed by atoms with Crippen molar-refractivity contribution in [3.63, 3.8) is 0 Å². The number of ether oxygens (including phenoxy) is 1. The molecule has 0 fully saturated rings. The number of hydrogen-bond donors (Lipinski definition) is 0. The Hall–Kier alpha value is -2.87. The van der Waals surface area contributed by atoms with Crippen LogP contribution < -0.4 is 9.64 Å². The minimum Gasteiger partial charge on any atom is -0.497 e. The monoisotopic (exact) mass is 395 g/mol. The summed E-state index contributed by atoms with van der Waals surface area (Å²) in [6.07, 6.45) is 0.878. The highest BCUT2D eigenvalue weighted by Crippen LogP contribution is 2.34. The lowest BCUT2D eigenvalue weighted by Gasteiger charge is -2.25. The largest absolute Gasteiger partial charge is 0.497 e. The van der Waals surface area contributed by atoms with Gasteiger partial charge in [0.2, 0.25) is 11.1 Å². The predicted molar refractivity (Wildman–Crippen MR) is 108 cm³/mol. The van der Waals surface area contributed by atoms with E-state index in [0.717, 1.165) is 23.5 Å². The molecule has 0 saturated carbocycles. The van der Waals surface area contributed by atoms with E-state index in [4.69, 9.17) is 4.74 Å². The summed E-state index contributed by atoms with van der Waals surface area (Å²) in [5.41, 5.74) is 3.03. The molecule has 144 valence electrons. The second kappa shape index (κ2) is 7.63. The normalized spacial score (nSPS) is 16.7. The van der Waals surface area contributed by atoms with Crippen molar-refractivity contribution >= 4 is 23.4 Å². The van der Waals surface area contributed by atoms with Gasteiger partial charge >= 0.3 is 0 Å². The first kappa shape index (κ1) is 18.5. The van der Waals surface area contributed by atoms with Gasteiger partial charge in [-0.1, -0.05) is 30.0 Å². The van der Waals surface area contributed by atoms with Crippen LogP contribution in [0.25, 0.3) is 5.69 Å². The molecule has 0 saturated heterocycles. The van der Waals surface area contributed by atoms with Crippen molar-refractivity contribution in [1.82, 2.24) is 20.2 Å². The number of nitrogens with zero attached hydrogens (tertiary/aromatic N) is 5. The summed E-state index contributed by atoms with van der Waals surface area (Å²) in [4.78, 5) is 15.1. The molecule has 1 aliphatic rings. The van der Waals surface area contributed by atoms with E-state index in [1.807, 2.05) is 54.3 Å². The molecule has 2 aromatic carbocycles. The third-order valence-corrected chi connectivity index (χ3v) is 5.85. The standard InChI is InChI=1S/C20H21N5O2S/c1-13-12-15-6-4-5-7-18(15)24(13)19(26)14(2)28-20-21-22-23-25(20)16-8-10-17(27-3)11-9-16/h4-11,13-14H,12H2,1-3H3/t13-,14-/m0/s1. The molecule has 0 spiro atoms. The molecule has 2 heterocycles. The maximum atomic E-state index is 13.2. The van der Waals surface area contributed by atoms with Crippen LogP contribution in [0.2, 0.25) is 0 Å². The topological polar surface area (TPSA) is 73.1 Å². The molecule has 2 atom stereocenters. The van der Waals surface area contributed by atoms with E-state index in [1.54, 1.807) is 11.8 Å². The molecule has 1 aliphatic heterocycles. The molecule has 0 radical (unpaired) electrons. The molecule has 0 N–H and O–H groups in total. The van der Waals surface area contributed by atoms with E-state index in [1.165, 1.54) is 17.3 Å². The second-order valence-electron chi connectivity index (χ2n) is 6.72. The number of methoxy groups -OCH3 is 1. The van der Waals surface area contributed by atoms with E-state index >= 15 is 0 Å². The van der Waals surface area contributed by atoms with Gasteiger partial charge in [-0.05, 0) is 66.6 Å². The number of carbonyl (C=O) groups excluding carboxylic acids is 1. The van der Waals surface area contributed by atoms with Crippen molar-refractivity contribution in [2.24, 2.45) is 0 Å². The van der Waals surface area contributed by atoms with Gasteiger partial charge in [0.05, 0.1) is 18.0 Å². The number of carbonyl (C=O) groups is 1. The van der Waals surface area contributed by atoms with E-state index in [-0.39, 0.29) is 17.2 Å². The molecule has 0 bridgehead atoms. The Kier molecular flexibility index (Phi) is 5.04. The number of fused-ring (bicyclic) bond motifs is 1. The average molecular weight is 395 g/mol. The van der Waals surface area contributed by atoms with Gasteiger partial charge in [-0.3, -0.25) is 4.79 Å². The smallest absolute Gasteiger partial charge is 0.240 e. The fraction of sp³-hybridized carbons (Fsp3) is 0.300. The van der Waals surface area contributed by atoms with Gasteiger partial charge in [0.25, 0.3) is 0 Å². The molecule has 28 heavy (non-hydrogen) atoms. The minimum absolute atomic E-state index is 0.0618. The molecule has 8 heteroatoms. The molecular formula is C20H21N5O2S. The van der Waals surface area contributed by atoms with E-state index in [2.05, 4.69) is 28.5 Å². The van der Waals surface area contributed by atoms with Crippen LogP contribution in [0.4, 0.5) is 5.69 Å². The van der Waals surface area contributed by atoms with Crippen LogP contribution in [0.1, 0.15) is 19.4 Å². The van der Waals surface area contributed by atoms with Crippen LogP contribution >= 0.6 is 11.8 Å². The predicted octanol–water partition coefficient (Wildman–Crippen LogP) is 3.13. The molecule has 1 amide bonds. The van der Waals surface area contributed by atoms with Crippen molar-refractivity contribution in [3.8, 4) is 11.4 Å². The first-order chi connectivity index (χ1) is 13.6. The molecule has 0 unspecified atom stereocenters. The van der Waals surface area contributed by atoms with E-state index < -0.39 is 0 Å². The molecule has 7 nitrogen and oxygen atoms in total. The summed E-state index contributed by atoms with van der Waals surface area (Å²) in [5, 5.41) is 12.2. The van der Waals surface area contributed by atoms with Crippen LogP contribution in [-0.4, -0.2) is 44.5 Å². The highest BCUT2D eigenvalue weighted by molar-refractivity contribution is 8.00. The SMILES string of the molecule is COc1ccc(-n2nnnc2S[C@@H](C)C(=O)N2c3ccccc3C[C@@H]2C)cc1. The van der Waals surface area contributed by atoms with Crippen LogP contribution in [0.15, 0.2) is 53.7 Å². The van der Waals surface area contributed by atoms with Crippen LogP contribution in [-0.2, 0) is 11.2 Å². The molecule has 4 rings (SSSR count). The first-order valence-electron chi connectivity index (χ1n) is 9.09. The van der Waals surface area contributed by atoms with Gasteiger partial charge < -0.3 is 9.64 Å². The number of rotatable bonds is 5. The number of hydrogen-bond acceptors (Lipinski definition) is 6. The minimum atomic E-state index is -0.323. The molecular weight excluding hydrogens is 374 g/mol. The lowest BCUT2D eigenvalue weighted by atomic mass is 10.1. The summed E-state index contributed by atoms with van der Waals surface area (Å²) in [6, 6.07) is 15.7. The zero-order chi connectivity index (χ0) is 19.7. The van der Waals surface area contributed by atoms with E-state index in [9.17, 15) is 4.79 Å². The Morgan fingerprint density at radius 2 is 1.96 bits per heavy atom. The van der Waals surface area contributed by atoms with Crippen LogP contribution in [0.3, 0.4) is 0 Å². The van der Waals surface area contributed by atoms with Crippen molar-refractivity contribution in [2.45, 2.75) is 36.7 Å². The number of amides is 1. The van der Waals surface area contributed by atoms with Gasteiger partial charge in [-0.25, -0.2) is 0 Å². The third-order valence-electron chi connectivity index (χ3n) is 4.83. The van der Waals surface area contributed by atoms with Gasteiger partial charge in [0, 0.05) is 11.7 Å². The molecule has 0 aliphatic carbocycles. The summed E-state index contributed by atoms with van der Waals surface area (Å²) >= 11 is 1.36. The highest BCUT2D eigenvalue weighted by atomic mass is 32.2. The fourth-order valence-corrected chi connectivity index (χ4v) is 4.30. The second-order valence-corrected chi connectivity index (χ2v) is 8.03. The summed E-state index contributed by atoms with van der Waals surface area (Å²) in [5.74, 6) is 0.822. The molecule has 1 aromatic heterocycles. The Morgan fingerprint density at radius 1 is 1.21 bits per heavy atom. The number of para-hydroxylation sites is 1. The van der Waals surface area contributed by atoms with Gasteiger partial charge in [0.1, 0.15) is 5.75 Å². The maximum absolute atomic E-state index is 13.2. The Bertz CT molecular complexity index is 988. The van der Waals surface area contributed by atoms with Crippen molar-refractivity contribution in [2.75, 3.05) is 12.0 Å². The summed E-state index contributed by atoms with van der Waals surface area (Å²) in [6.45, 7) is 3.98. The Labute approximate surface area is 167 Å². The Balaban J connectivity index is 1.54. The molecule has 3 aromatic rings. The van der Waals surface area contributed by atoms with Gasteiger partial charge in [-0.2, -0.15) is 4.68 Å². The lowest BCUT2D eigenvalue weighted by Crippen LogP contribution is -2.40. The number of tetrazole rings is 1. The summed E-state index contributed by atoms with van der Waals surface area (Å²) in [7, 11) is 1.62. The maximum Gasteiger partial charge on any atom is 0.240 e. The van der Waals surface area contributed by atoms with Gasteiger partial charge in [-0.15, -0.1) is 5.10 Å². The number of aromatic nitrogens is 4. The van der Waals surface area contributed by atoms with Crippen LogP contribution in [0.5, 0.6) is 5.75 Å². The first-order valence-corrected chi connectivity index (χ1v) is 9.97. The third kappa shape index (κ3) is 3.35. The number of benzene rings is 2. The van der Waals surface area contributed by atoms with Gasteiger partial charge in [0.15, 0.2) is 0 Å². The van der Waals surface area contributed by atoms with Crippen LogP contribution in [0, 0.1) is 0 Å². The average Bonchev–Trinajstić information content (AvgIpc) is 3.30. The van der Waals surface area contributed by atoms with Crippen molar-refractivity contribution in [1.29, 1.82) is 0 Å². The zero-order valence-corrected chi connectivity index (χ0v) is 16.8. The summed E-state index contributed by atoms with van der Waals surface area (Å²) < 4.78 is 6.83. The number of thioether (sulfide) groups is 1. The quantitative estimate of drug-likeness (QED) is 0.618. The van der Waals surface area contributed by atoms with Crippen molar-refractivity contribution < 1.29 is 9.53 Å². The van der Waals surface area contributed by atoms with Crippen molar-refractivity contribution in [3.05, 3.63) is 54.1 Å². The highest BCUT2D eigenvalue weighted by Gasteiger charge is 2.34. The fourth-order valence-electron chi connectivity index (χ4n) is 3.44. The lowest BCUT2D eigenvalue weighted by molar-refractivity contribution is -0.118. The zero-order valence-electron chi connectivity index (χ0n) is 15.9.